The normalized spacial score (nSPS) is 22.1. The number of benzene rings is 2. The van der Waals surface area contributed by atoms with E-state index in [1.165, 1.54) is 11.3 Å². The molecule has 3 amide bonds. The van der Waals surface area contributed by atoms with Gasteiger partial charge in [-0.15, -0.1) is 0 Å². The van der Waals surface area contributed by atoms with Crippen molar-refractivity contribution in [2.45, 2.75) is 70.5 Å². The smallest absolute Gasteiger partial charge is 0.255 e. The van der Waals surface area contributed by atoms with E-state index in [-0.39, 0.29) is 18.2 Å². The number of rotatable bonds is 8. The number of hydrogen-bond donors (Lipinski definition) is 2. The standard InChI is InChI=1S/C33H43N5O5/c1-3-22-17-26(34)30(42-2)18-28(22)37-15-11-23(12-16-37)36-13-9-21(10-14-36)20-43-29-6-4-5-24-25(29)19-38(33(24)41)27-7-8-31(39)35-32(27)40/h4-6,17-18,21,23,27H,3,7-16,19-20,34H2,1-2H3,(H,35,39,40). The van der Waals surface area contributed by atoms with Crippen LogP contribution in [0.1, 0.15) is 66.9 Å². The molecule has 2 aromatic rings. The number of nitrogens with zero attached hydrogens (tertiary/aromatic N) is 3. The van der Waals surface area contributed by atoms with Crippen LogP contribution in [-0.2, 0) is 22.6 Å². The first-order valence-electron chi connectivity index (χ1n) is 15.7. The minimum Gasteiger partial charge on any atom is -0.495 e. The third kappa shape index (κ3) is 5.89. The molecule has 0 spiro atoms. The molecule has 3 N–H and O–H groups in total. The number of hydrogen-bond acceptors (Lipinski definition) is 8. The molecule has 4 heterocycles. The van der Waals surface area contributed by atoms with Crippen molar-refractivity contribution in [2.75, 3.05) is 50.5 Å². The number of methoxy groups -OCH3 is 1. The van der Waals surface area contributed by atoms with Crippen LogP contribution in [-0.4, -0.2) is 79.5 Å². The van der Waals surface area contributed by atoms with Crippen LogP contribution in [0, 0.1) is 5.92 Å². The lowest BCUT2D eigenvalue weighted by atomic mass is 9.93. The lowest BCUT2D eigenvalue weighted by Crippen LogP contribution is -2.52. The number of carbonyl (C=O) groups excluding carboxylic acids is 3. The van der Waals surface area contributed by atoms with Gasteiger partial charge in [0.15, 0.2) is 0 Å². The molecule has 1 atom stereocenters. The van der Waals surface area contributed by atoms with Gasteiger partial charge in [-0.25, -0.2) is 0 Å². The Morgan fingerprint density at radius 3 is 2.44 bits per heavy atom. The number of amides is 3. The van der Waals surface area contributed by atoms with E-state index >= 15 is 0 Å². The first kappa shape index (κ1) is 29.3. The maximum Gasteiger partial charge on any atom is 0.255 e. The summed E-state index contributed by atoms with van der Waals surface area (Å²) in [4.78, 5) is 43.9. The predicted octanol–water partition coefficient (Wildman–Crippen LogP) is 3.36. The second kappa shape index (κ2) is 12.4. The molecular weight excluding hydrogens is 546 g/mol. The summed E-state index contributed by atoms with van der Waals surface area (Å²) in [5.41, 5.74) is 10.8. The lowest BCUT2D eigenvalue weighted by Gasteiger charge is -2.42. The van der Waals surface area contributed by atoms with Crippen molar-refractivity contribution in [1.82, 2.24) is 15.1 Å². The summed E-state index contributed by atoms with van der Waals surface area (Å²) in [5.74, 6) is 1.09. The van der Waals surface area contributed by atoms with Crippen molar-refractivity contribution < 1.29 is 23.9 Å². The van der Waals surface area contributed by atoms with E-state index in [2.05, 4.69) is 34.2 Å². The van der Waals surface area contributed by atoms with Gasteiger partial charge in [-0.05, 0) is 81.3 Å². The Labute approximate surface area is 253 Å². The molecule has 0 bridgehead atoms. The summed E-state index contributed by atoms with van der Waals surface area (Å²) in [5, 5.41) is 2.37. The van der Waals surface area contributed by atoms with E-state index in [1.54, 1.807) is 18.1 Å². The van der Waals surface area contributed by atoms with E-state index < -0.39 is 11.9 Å². The highest BCUT2D eigenvalue weighted by molar-refractivity contribution is 6.05. The number of carbonyl (C=O) groups is 3. The van der Waals surface area contributed by atoms with Crippen molar-refractivity contribution in [2.24, 2.45) is 5.92 Å². The fourth-order valence-corrected chi connectivity index (χ4v) is 7.24. The molecule has 4 aliphatic heterocycles. The molecule has 3 fully saturated rings. The number of anilines is 2. The molecule has 2 aromatic carbocycles. The summed E-state index contributed by atoms with van der Waals surface area (Å²) in [6, 6.07) is 9.70. The molecule has 10 heteroatoms. The summed E-state index contributed by atoms with van der Waals surface area (Å²) in [6.45, 7) is 7.33. The monoisotopic (exact) mass is 589 g/mol. The zero-order valence-corrected chi connectivity index (χ0v) is 25.3. The van der Waals surface area contributed by atoms with Gasteiger partial charge in [0.1, 0.15) is 17.5 Å². The Morgan fingerprint density at radius 2 is 1.74 bits per heavy atom. The SMILES string of the molecule is CCc1cc(N)c(OC)cc1N1CCC(N2CCC(COc3cccc4c3CN(C3CCC(=O)NC3=O)C4=O)CC2)CC1. The van der Waals surface area contributed by atoms with Crippen LogP contribution in [0.25, 0.3) is 0 Å². The van der Waals surface area contributed by atoms with Crippen LogP contribution in [0.2, 0.25) is 0 Å². The summed E-state index contributed by atoms with van der Waals surface area (Å²) in [7, 11) is 1.67. The number of fused-ring (bicyclic) bond motifs is 1. The minimum atomic E-state index is -0.621. The van der Waals surface area contributed by atoms with Gasteiger partial charge in [0, 0.05) is 48.4 Å². The van der Waals surface area contributed by atoms with E-state index in [0.717, 1.165) is 75.3 Å². The van der Waals surface area contributed by atoms with Crippen LogP contribution >= 0.6 is 0 Å². The Morgan fingerprint density at radius 1 is 0.977 bits per heavy atom. The van der Waals surface area contributed by atoms with Gasteiger partial charge in [-0.3, -0.25) is 19.7 Å². The highest BCUT2D eigenvalue weighted by atomic mass is 16.5. The van der Waals surface area contributed by atoms with Crippen molar-refractivity contribution in [3.05, 3.63) is 47.0 Å². The van der Waals surface area contributed by atoms with Crippen LogP contribution in [0.3, 0.4) is 0 Å². The van der Waals surface area contributed by atoms with Crippen LogP contribution in [0.4, 0.5) is 11.4 Å². The Hall–Kier alpha value is -3.79. The molecule has 4 aliphatic rings. The first-order valence-corrected chi connectivity index (χ1v) is 15.7. The van der Waals surface area contributed by atoms with Gasteiger partial charge in [-0.1, -0.05) is 13.0 Å². The van der Waals surface area contributed by atoms with Gasteiger partial charge in [0.25, 0.3) is 5.91 Å². The number of nitrogens with two attached hydrogens (primary N) is 1. The Bertz CT molecular complexity index is 1380. The molecule has 0 radical (unpaired) electrons. The maximum absolute atomic E-state index is 13.1. The second-order valence-electron chi connectivity index (χ2n) is 12.3. The molecule has 0 aromatic heterocycles. The Balaban J connectivity index is 0.995. The number of aryl methyl sites for hydroxylation is 1. The number of ether oxygens (including phenoxy) is 2. The zero-order valence-electron chi connectivity index (χ0n) is 25.3. The summed E-state index contributed by atoms with van der Waals surface area (Å²) < 4.78 is 11.8. The highest BCUT2D eigenvalue weighted by Crippen LogP contribution is 2.36. The first-order chi connectivity index (χ1) is 20.9. The van der Waals surface area contributed by atoms with Gasteiger partial charge in [0.2, 0.25) is 11.8 Å². The predicted molar refractivity (Wildman–Crippen MR) is 164 cm³/mol. The number of imide groups is 1. The molecule has 6 rings (SSSR count). The number of nitrogen functional groups attached to an aromatic ring is 1. The molecule has 43 heavy (non-hydrogen) atoms. The average molecular weight is 590 g/mol. The second-order valence-corrected chi connectivity index (χ2v) is 12.3. The quantitative estimate of drug-likeness (QED) is 0.356. The third-order valence-electron chi connectivity index (χ3n) is 9.80. The molecule has 0 aliphatic carbocycles. The third-order valence-corrected chi connectivity index (χ3v) is 9.80. The van der Waals surface area contributed by atoms with Crippen molar-refractivity contribution >= 4 is 29.1 Å². The molecule has 230 valence electrons. The van der Waals surface area contributed by atoms with Gasteiger partial charge in [0.05, 0.1) is 25.9 Å². The topological polar surface area (TPSA) is 117 Å². The molecule has 0 saturated carbocycles. The Kier molecular flexibility index (Phi) is 8.47. The number of nitrogens with one attached hydrogen (secondary N) is 1. The summed E-state index contributed by atoms with van der Waals surface area (Å²) in [6.07, 6.45) is 6.01. The average Bonchev–Trinajstić information content (AvgIpc) is 3.36. The molecular formula is C33H43N5O5. The van der Waals surface area contributed by atoms with Crippen LogP contribution < -0.4 is 25.4 Å². The number of piperidine rings is 3. The van der Waals surface area contributed by atoms with E-state index in [4.69, 9.17) is 15.2 Å². The van der Waals surface area contributed by atoms with Gasteiger partial charge >= 0.3 is 0 Å². The fraction of sp³-hybridized carbons (Fsp3) is 0.545. The fourth-order valence-electron chi connectivity index (χ4n) is 7.24. The minimum absolute atomic E-state index is 0.171. The largest absolute Gasteiger partial charge is 0.495 e. The van der Waals surface area contributed by atoms with Crippen LogP contribution in [0.5, 0.6) is 11.5 Å². The van der Waals surface area contributed by atoms with Gasteiger partial charge in [-0.2, -0.15) is 0 Å². The summed E-state index contributed by atoms with van der Waals surface area (Å²) >= 11 is 0. The van der Waals surface area contributed by atoms with Crippen molar-refractivity contribution in [1.29, 1.82) is 0 Å². The molecule has 10 nitrogen and oxygen atoms in total. The van der Waals surface area contributed by atoms with Crippen molar-refractivity contribution in [3.8, 4) is 11.5 Å². The van der Waals surface area contributed by atoms with Crippen molar-refractivity contribution in [3.63, 3.8) is 0 Å². The zero-order chi connectivity index (χ0) is 30.1. The maximum atomic E-state index is 13.1. The lowest BCUT2D eigenvalue weighted by molar-refractivity contribution is -0.136. The highest BCUT2D eigenvalue weighted by Gasteiger charge is 2.40. The molecule has 1 unspecified atom stereocenters. The van der Waals surface area contributed by atoms with Gasteiger partial charge < -0.3 is 29.9 Å². The number of likely N-dealkylation sites (tertiary alicyclic amines) is 1. The van der Waals surface area contributed by atoms with E-state index in [0.29, 0.717) is 42.8 Å². The van der Waals surface area contributed by atoms with Crippen LogP contribution in [0.15, 0.2) is 30.3 Å². The van der Waals surface area contributed by atoms with E-state index in [1.807, 2.05) is 12.1 Å². The van der Waals surface area contributed by atoms with E-state index in [9.17, 15) is 14.4 Å². The molecule has 3 saturated heterocycles.